The van der Waals surface area contributed by atoms with E-state index in [9.17, 15) is 0 Å². The van der Waals surface area contributed by atoms with E-state index in [2.05, 4.69) is 11.0 Å². The summed E-state index contributed by atoms with van der Waals surface area (Å²) in [6.45, 7) is 3.91. The summed E-state index contributed by atoms with van der Waals surface area (Å²) in [5.41, 5.74) is 1.23. The Kier molecular flexibility index (Phi) is 3.79. The highest BCUT2D eigenvalue weighted by Gasteiger charge is 2.40. The van der Waals surface area contributed by atoms with Crippen LogP contribution in [0.1, 0.15) is 24.3 Å². The lowest BCUT2D eigenvalue weighted by Gasteiger charge is -2.29. The number of methoxy groups -OCH3 is 1. The van der Waals surface area contributed by atoms with Gasteiger partial charge in [-0.3, -0.25) is 0 Å². The molecule has 1 aromatic carbocycles. The maximum absolute atomic E-state index is 8.64. The van der Waals surface area contributed by atoms with Crippen LogP contribution in [0, 0.1) is 17.2 Å². The second-order valence-electron chi connectivity index (χ2n) is 5.57. The van der Waals surface area contributed by atoms with Crippen molar-refractivity contribution < 1.29 is 9.47 Å². The van der Waals surface area contributed by atoms with Gasteiger partial charge < -0.3 is 14.4 Å². The summed E-state index contributed by atoms with van der Waals surface area (Å²) in [5, 5.41) is 8.64. The van der Waals surface area contributed by atoms with E-state index in [1.165, 1.54) is 5.56 Å². The smallest absolute Gasteiger partial charge is 0.126 e. The van der Waals surface area contributed by atoms with Crippen LogP contribution in [0.25, 0.3) is 0 Å². The molecular weight excluding hydrogens is 252 g/mol. The Bertz CT molecular complexity index is 509. The molecule has 0 amide bonds. The molecule has 0 N–H and O–H groups in total. The van der Waals surface area contributed by atoms with Gasteiger partial charge in [0.15, 0.2) is 0 Å². The van der Waals surface area contributed by atoms with E-state index in [1.807, 2.05) is 18.2 Å². The van der Waals surface area contributed by atoms with Gasteiger partial charge in [-0.1, -0.05) is 6.07 Å². The minimum absolute atomic E-state index is 0.497. The molecular formula is C16H20N2O2. The average Bonchev–Trinajstić information content (AvgIpc) is 2.89. The maximum Gasteiger partial charge on any atom is 0.126 e. The lowest BCUT2D eigenvalue weighted by atomic mass is 9.86. The van der Waals surface area contributed by atoms with Crippen LogP contribution >= 0.6 is 0 Å². The molecule has 1 saturated heterocycles. The van der Waals surface area contributed by atoms with Gasteiger partial charge in [0.1, 0.15) is 11.5 Å². The van der Waals surface area contributed by atoms with E-state index in [-0.39, 0.29) is 0 Å². The normalized spacial score (nSPS) is 24.4. The van der Waals surface area contributed by atoms with E-state index in [0.29, 0.717) is 18.3 Å². The molecule has 106 valence electrons. The zero-order chi connectivity index (χ0) is 13.9. The van der Waals surface area contributed by atoms with Crippen molar-refractivity contribution in [3.8, 4) is 17.6 Å². The molecule has 0 aromatic heterocycles. The third-order valence-corrected chi connectivity index (χ3v) is 4.35. The average molecular weight is 272 g/mol. The van der Waals surface area contributed by atoms with Gasteiger partial charge >= 0.3 is 0 Å². The van der Waals surface area contributed by atoms with Crippen molar-refractivity contribution in [3.05, 3.63) is 23.8 Å². The lowest BCUT2D eigenvalue weighted by Crippen LogP contribution is -2.25. The monoisotopic (exact) mass is 272 g/mol. The van der Waals surface area contributed by atoms with Crippen LogP contribution in [0.15, 0.2) is 18.2 Å². The number of unbranched alkanes of at least 4 members (excludes halogenated alkanes) is 1. The van der Waals surface area contributed by atoms with Crippen LogP contribution in [0.4, 0.5) is 0 Å². The topological polar surface area (TPSA) is 45.5 Å². The third kappa shape index (κ3) is 2.34. The summed E-state index contributed by atoms with van der Waals surface area (Å²) in [5.74, 6) is 2.96. The molecule has 1 aromatic rings. The summed E-state index contributed by atoms with van der Waals surface area (Å²) in [4.78, 5) is 2.46. The van der Waals surface area contributed by atoms with Crippen molar-refractivity contribution in [2.75, 3.05) is 33.4 Å². The molecule has 0 unspecified atom stereocenters. The van der Waals surface area contributed by atoms with Crippen LogP contribution in [-0.4, -0.2) is 38.3 Å². The molecule has 2 aliphatic heterocycles. The number of likely N-dealkylation sites (tertiary alicyclic amines) is 1. The minimum atomic E-state index is 0.497. The number of nitrogens with zero attached hydrogens (tertiary/aromatic N) is 2. The predicted molar refractivity (Wildman–Crippen MR) is 76.0 cm³/mol. The zero-order valence-corrected chi connectivity index (χ0v) is 11.8. The van der Waals surface area contributed by atoms with Crippen molar-refractivity contribution in [2.45, 2.75) is 18.8 Å². The Morgan fingerprint density at radius 2 is 2.35 bits per heavy atom. The van der Waals surface area contributed by atoms with E-state index < -0.39 is 0 Å². The van der Waals surface area contributed by atoms with Gasteiger partial charge in [0.25, 0.3) is 0 Å². The predicted octanol–water partition coefficient (Wildman–Crippen LogP) is 2.41. The van der Waals surface area contributed by atoms with Gasteiger partial charge in [0.2, 0.25) is 0 Å². The third-order valence-electron chi connectivity index (χ3n) is 4.35. The van der Waals surface area contributed by atoms with Crippen molar-refractivity contribution in [1.29, 1.82) is 5.26 Å². The molecule has 3 rings (SSSR count). The first-order valence-electron chi connectivity index (χ1n) is 7.22. The van der Waals surface area contributed by atoms with Crippen LogP contribution in [0.3, 0.4) is 0 Å². The van der Waals surface area contributed by atoms with Crippen molar-refractivity contribution in [3.63, 3.8) is 0 Å². The molecule has 0 radical (unpaired) electrons. The summed E-state index contributed by atoms with van der Waals surface area (Å²) in [7, 11) is 1.72. The fraction of sp³-hybridized carbons (Fsp3) is 0.562. The fourth-order valence-corrected chi connectivity index (χ4v) is 3.41. The van der Waals surface area contributed by atoms with E-state index in [4.69, 9.17) is 14.7 Å². The molecule has 0 bridgehead atoms. The Balaban J connectivity index is 1.77. The number of fused-ring (bicyclic) bond motifs is 3. The Labute approximate surface area is 119 Å². The largest absolute Gasteiger partial charge is 0.496 e. The number of benzene rings is 1. The molecule has 4 nitrogen and oxygen atoms in total. The fourth-order valence-electron chi connectivity index (χ4n) is 3.41. The van der Waals surface area contributed by atoms with E-state index in [0.717, 1.165) is 44.2 Å². The van der Waals surface area contributed by atoms with Gasteiger partial charge in [0, 0.05) is 36.9 Å². The van der Waals surface area contributed by atoms with Crippen LogP contribution < -0.4 is 9.47 Å². The molecule has 1 fully saturated rings. The van der Waals surface area contributed by atoms with Gasteiger partial charge in [-0.2, -0.15) is 5.26 Å². The molecule has 0 spiro atoms. The molecule has 4 heteroatoms. The van der Waals surface area contributed by atoms with Crippen LogP contribution in [-0.2, 0) is 0 Å². The van der Waals surface area contributed by atoms with E-state index in [1.54, 1.807) is 7.11 Å². The second kappa shape index (κ2) is 5.72. The lowest BCUT2D eigenvalue weighted by molar-refractivity contribution is 0.209. The summed E-state index contributed by atoms with van der Waals surface area (Å²) in [6.07, 6.45) is 1.60. The molecule has 20 heavy (non-hydrogen) atoms. The molecule has 2 atom stereocenters. The highest BCUT2D eigenvalue weighted by molar-refractivity contribution is 5.49. The van der Waals surface area contributed by atoms with Gasteiger partial charge in [-0.15, -0.1) is 0 Å². The first-order valence-corrected chi connectivity index (χ1v) is 7.22. The van der Waals surface area contributed by atoms with Crippen molar-refractivity contribution in [1.82, 2.24) is 4.90 Å². The standard InChI is InChI=1S/C16H20N2O2/c1-19-14-5-4-6-15-16(14)13-10-18(8-3-2-7-17)9-12(13)11-20-15/h4-6,12-13H,2-3,8-11H2,1H3/t12-,13-/m1/s1. The van der Waals surface area contributed by atoms with Crippen molar-refractivity contribution >= 4 is 0 Å². The summed E-state index contributed by atoms with van der Waals surface area (Å²) in [6, 6.07) is 8.25. The molecule has 2 heterocycles. The van der Waals surface area contributed by atoms with Crippen LogP contribution in [0.5, 0.6) is 11.5 Å². The molecule has 0 aliphatic carbocycles. The number of nitriles is 1. The van der Waals surface area contributed by atoms with Gasteiger partial charge in [-0.05, 0) is 25.1 Å². The van der Waals surface area contributed by atoms with E-state index >= 15 is 0 Å². The summed E-state index contributed by atoms with van der Waals surface area (Å²) >= 11 is 0. The SMILES string of the molecule is COc1cccc2c1[C@@H]1CN(CCCC#N)C[C@@H]1CO2. The zero-order valence-electron chi connectivity index (χ0n) is 11.8. The summed E-state index contributed by atoms with van der Waals surface area (Å²) < 4.78 is 11.4. The maximum atomic E-state index is 8.64. The second-order valence-corrected chi connectivity index (χ2v) is 5.57. The van der Waals surface area contributed by atoms with Gasteiger partial charge in [0.05, 0.1) is 19.8 Å². The minimum Gasteiger partial charge on any atom is -0.496 e. The molecule has 0 saturated carbocycles. The number of rotatable bonds is 4. The number of hydrogen-bond donors (Lipinski definition) is 0. The number of ether oxygens (including phenoxy) is 2. The molecule has 2 aliphatic rings. The number of hydrogen-bond acceptors (Lipinski definition) is 4. The Morgan fingerprint density at radius 1 is 1.45 bits per heavy atom. The Hall–Kier alpha value is -1.73. The van der Waals surface area contributed by atoms with Gasteiger partial charge in [-0.25, -0.2) is 0 Å². The van der Waals surface area contributed by atoms with Crippen LogP contribution in [0.2, 0.25) is 0 Å². The Morgan fingerprint density at radius 3 is 3.15 bits per heavy atom. The van der Waals surface area contributed by atoms with Crippen molar-refractivity contribution in [2.24, 2.45) is 5.92 Å². The first-order chi connectivity index (χ1) is 9.83. The highest BCUT2D eigenvalue weighted by atomic mass is 16.5. The quantitative estimate of drug-likeness (QED) is 0.790. The highest BCUT2D eigenvalue weighted by Crippen LogP contribution is 2.45. The first kappa shape index (κ1) is 13.3.